The number of hydrazine groups is 1. The highest BCUT2D eigenvalue weighted by Gasteiger charge is 2.06. The van der Waals surface area contributed by atoms with Crippen molar-refractivity contribution in [2.45, 2.75) is 148 Å². The summed E-state index contributed by atoms with van der Waals surface area (Å²) in [4.78, 5) is 21.4. The first-order valence-corrected chi connectivity index (χ1v) is 17.5. The molecule has 234 valence electrons. The molecule has 1 N–H and O–H groups in total. The number of aryl methyl sites for hydroxylation is 2. The van der Waals surface area contributed by atoms with Gasteiger partial charge in [-0.15, -0.1) is 0 Å². The quantitative estimate of drug-likeness (QED) is 0.0452. The second kappa shape index (κ2) is 27.3. The number of unbranched alkanes of at least 4 members (excludes halogenated alkanes) is 18. The maximum Gasteiger partial charge on any atom is 0.225 e. The van der Waals surface area contributed by atoms with Gasteiger partial charge >= 0.3 is 0 Å². The fraction of sp³-hybridized carbons (Fsp3) is 0.676. The minimum absolute atomic E-state index is 0.622. The summed E-state index contributed by atoms with van der Waals surface area (Å²) < 4.78 is 0. The van der Waals surface area contributed by atoms with Crippen molar-refractivity contribution in [3.05, 3.63) is 77.2 Å². The number of allylic oxidation sites excluding steroid dienone is 2. The van der Waals surface area contributed by atoms with Gasteiger partial charge in [-0.3, -0.25) is 9.97 Å². The van der Waals surface area contributed by atoms with Crippen molar-refractivity contribution in [2.75, 3.05) is 13.1 Å². The number of hydrogen-bond acceptors (Lipinski definition) is 3. The van der Waals surface area contributed by atoms with Gasteiger partial charge in [-0.1, -0.05) is 114 Å². The largest absolute Gasteiger partial charge is 0.264 e. The van der Waals surface area contributed by atoms with Gasteiger partial charge in [0, 0.05) is 31.2 Å². The Morgan fingerprint density at radius 2 is 1.02 bits per heavy atom. The van der Waals surface area contributed by atoms with Gasteiger partial charge in [0.1, 0.15) is 4.87 Å². The van der Waals surface area contributed by atoms with Gasteiger partial charge in [0.2, 0.25) is 6.54 Å². The number of aromatic nitrogens is 2. The van der Waals surface area contributed by atoms with Crippen LogP contribution in [0.25, 0.3) is 0 Å². The van der Waals surface area contributed by atoms with Crippen molar-refractivity contribution < 1.29 is 4.87 Å². The fourth-order valence-electron chi connectivity index (χ4n) is 5.48. The van der Waals surface area contributed by atoms with Crippen molar-refractivity contribution >= 4 is 0 Å². The molecule has 0 saturated heterocycles. The van der Waals surface area contributed by atoms with Crippen LogP contribution in [0.15, 0.2) is 61.2 Å². The van der Waals surface area contributed by atoms with E-state index >= 15 is 0 Å². The van der Waals surface area contributed by atoms with E-state index in [0.717, 1.165) is 37.1 Å². The Bertz CT molecular complexity index is 887. The molecule has 0 aliphatic rings. The molecule has 0 unspecified atom stereocenters. The molecule has 2 aromatic heterocycles. The lowest BCUT2D eigenvalue weighted by Crippen LogP contribution is -2.28. The summed E-state index contributed by atoms with van der Waals surface area (Å²) in [5, 5.41) is 0. The summed E-state index contributed by atoms with van der Waals surface area (Å²) in [6, 6.07) is 8.37. The van der Waals surface area contributed by atoms with E-state index in [2.05, 4.69) is 39.7 Å². The van der Waals surface area contributed by atoms with Gasteiger partial charge in [-0.25, -0.2) is 0 Å². The highest BCUT2D eigenvalue weighted by molar-refractivity contribution is 5.09. The van der Waals surface area contributed by atoms with E-state index < -0.39 is 0 Å². The normalized spacial score (nSPS) is 11.3. The summed E-state index contributed by atoms with van der Waals surface area (Å²) in [5.74, 6) is 0. The van der Waals surface area contributed by atoms with Crippen molar-refractivity contribution in [3.8, 4) is 0 Å². The van der Waals surface area contributed by atoms with E-state index in [1.54, 1.807) is 0 Å². The van der Waals surface area contributed by atoms with E-state index in [1.165, 1.54) is 133 Å². The summed E-state index contributed by atoms with van der Waals surface area (Å²) in [5.41, 5.74) is 5.73. The number of hydrogen-bond donors (Lipinski definition) is 1. The smallest absolute Gasteiger partial charge is 0.225 e. The molecule has 42 heavy (non-hydrogen) atoms. The van der Waals surface area contributed by atoms with Crippen molar-refractivity contribution in [2.24, 2.45) is 0 Å². The van der Waals surface area contributed by atoms with E-state index in [-0.39, 0.29) is 0 Å². The Balaban J connectivity index is 1.21. The average Bonchev–Trinajstić information content (AvgIpc) is 3.02. The molecular weight excluding hydrogens is 516 g/mol. The third-order valence-electron chi connectivity index (χ3n) is 8.12. The summed E-state index contributed by atoms with van der Waals surface area (Å²) >= 11 is 0. The molecule has 0 spiro atoms. The van der Waals surface area contributed by atoms with Crippen LogP contribution in [-0.4, -0.2) is 27.9 Å². The fourth-order valence-corrected chi connectivity index (χ4v) is 5.48. The molecule has 0 radical (unpaired) electrons. The SMILES string of the molecule is O=[N+](CCCCCCCCCC/C=C\CCc1cccnc1)NCCCCCCCCCCCCCc1cccnc1. The lowest BCUT2D eigenvalue weighted by molar-refractivity contribution is -0.607. The van der Waals surface area contributed by atoms with Crippen molar-refractivity contribution in [1.29, 1.82) is 0 Å². The van der Waals surface area contributed by atoms with E-state index in [9.17, 15) is 4.91 Å². The highest BCUT2D eigenvalue weighted by Crippen LogP contribution is 2.13. The van der Waals surface area contributed by atoms with Gasteiger partial charge in [0.15, 0.2) is 0 Å². The number of rotatable bonds is 29. The van der Waals surface area contributed by atoms with E-state index in [0.29, 0.717) is 6.54 Å². The molecule has 2 heterocycles. The van der Waals surface area contributed by atoms with Crippen LogP contribution in [0.2, 0.25) is 0 Å². The molecule has 0 aromatic carbocycles. The second-order valence-corrected chi connectivity index (χ2v) is 12.0. The highest BCUT2D eigenvalue weighted by atomic mass is 16.3. The molecule has 0 atom stereocenters. The van der Waals surface area contributed by atoms with Crippen LogP contribution < -0.4 is 5.43 Å². The molecular formula is C37H61N4O+. The van der Waals surface area contributed by atoms with Crippen LogP contribution in [0, 0.1) is 4.91 Å². The molecule has 0 bridgehead atoms. The van der Waals surface area contributed by atoms with Crippen LogP contribution >= 0.6 is 0 Å². The lowest BCUT2D eigenvalue weighted by atomic mass is 10.0. The molecule has 0 fully saturated rings. The Labute approximate surface area is 258 Å². The van der Waals surface area contributed by atoms with E-state index in [4.69, 9.17) is 0 Å². The van der Waals surface area contributed by atoms with Crippen LogP contribution in [0.1, 0.15) is 146 Å². The minimum Gasteiger partial charge on any atom is -0.264 e. The Morgan fingerprint density at radius 3 is 1.60 bits per heavy atom. The van der Waals surface area contributed by atoms with Gasteiger partial charge < -0.3 is 0 Å². The number of pyridine rings is 2. The molecule has 5 nitrogen and oxygen atoms in total. The first-order valence-electron chi connectivity index (χ1n) is 17.5. The predicted molar refractivity (Wildman–Crippen MR) is 178 cm³/mol. The first kappa shape index (κ1) is 35.6. The van der Waals surface area contributed by atoms with Crippen molar-refractivity contribution in [1.82, 2.24) is 15.4 Å². The molecule has 0 aliphatic heterocycles. The summed E-state index contributed by atoms with van der Waals surface area (Å²) in [6.07, 6.45) is 41.4. The number of nitroso groups, excluding NO2 is 1. The lowest BCUT2D eigenvalue weighted by Gasteiger charge is -2.03. The zero-order valence-electron chi connectivity index (χ0n) is 26.7. The van der Waals surface area contributed by atoms with Crippen LogP contribution in [-0.2, 0) is 12.8 Å². The zero-order valence-corrected chi connectivity index (χ0v) is 26.7. The summed E-state index contributed by atoms with van der Waals surface area (Å²) in [7, 11) is 0. The minimum atomic E-state index is 0.622. The van der Waals surface area contributed by atoms with Crippen LogP contribution in [0.5, 0.6) is 0 Å². The van der Waals surface area contributed by atoms with E-state index in [1.807, 2.05) is 36.9 Å². The summed E-state index contributed by atoms with van der Waals surface area (Å²) in [6.45, 7) is 1.44. The maximum absolute atomic E-state index is 12.0. The topological polar surface area (TPSA) is 57.9 Å². The molecule has 2 rings (SSSR count). The third-order valence-corrected chi connectivity index (χ3v) is 8.12. The maximum atomic E-state index is 12.0. The van der Waals surface area contributed by atoms with Gasteiger partial charge in [0.05, 0.1) is 11.5 Å². The zero-order chi connectivity index (χ0) is 29.6. The van der Waals surface area contributed by atoms with Crippen LogP contribution in [0.3, 0.4) is 0 Å². The first-order chi connectivity index (χ1) is 20.8. The average molecular weight is 578 g/mol. The van der Waals surface area contributed by atoms with Gasteiger partial charge in [-0.2, -0.15) is 5.43 Å². The Kier molecular flexibility index (Phi) is 23.1. The third kappa shape index (κ3) is 22.1. The number of nitrogens with zero attached hydrogens (tertiary/aromatic N) is 3. The van der Waals surface area contributed by atoms with Crippen molar-refractivity contribution in [3.63, 3.8) is 0 Å². The predicted octanol–water partition coefficient (Wildman–Crippen LogP) is 10.3. The second-order valence-electron chi connectivity index (χ2n) is 12.0. The molecule has 0 saturated carbocycles. The molecule has 5 heteroatoms. The van der Waals surface area contributed by atoms with Crippen LogP contribution in [0.4, 0.5) is 0 Å². The molecule has 2 aromatic rings. The molecule has 0 aliphatic carbocycles. The Hall–Kier alpha value is -2.56. The molecule has 0 amide bonds. The number of nitrogens with one attached hydrogen (secondary N) is 1. The monoisotopic (exact) mass is 577 g/mol. The standard InChI is InChI=1S/C37H61N4O/c42-41(33-23-19-15-11-7-2-1-4-8-12-16-20-26-36-28-24-30-38-34-36)40-32-22-18-14-10-6-3-5-9-13-17-21-27-37-29-25-31-39-35-37/h12,16,24-25,28-31,34-35H,1-11,13-15,17-23,26-27,32-33H2,(H,40,42)/q+1/b16-12-. The Morgan fingerprint density at radius 1 is 0.548 bits per heavy atom. The van der Waals surface area contributed by atoms with Gasteiger partial charge in [-0.05, 0) is 74.6 Å². The van der Waals surface area contributed by atoms with Gasteiger partial charge in [0.25, 0.3) is 0 Å².